The van der Waals surface area contributed by atoms with Crippen LogP contribution < -0.4 is 5.32 Å². The number of carbonyl (C=O) groups excluding carboxylic acids is 2. The van der Waals surface area contributed by atoms with E-state index < -0.39 is 0 Å². The number of hydrogen-bond donors (Lipinski definition) is 1. The Morgan fingerprint density at radius 3 is 2.61 bits per heavy atom. The molecule has 0 radical (unpaired) electrons. The second-order valence-electron chi connectivity index (χ2n) is 6.36. The molecule has 1 aromatic rings. The SMILES string of the molecule is CCC[C@H]1CN(C(C)=O)C[C@@H]1Nc1ccc(C(=O)N(C)C)cn1. The molecular weight excluding hydrogens is 292 g/mol. The molecule has 6 heteroatoms. The van der Waals surface area contributed by atoms with Gasteiger partial charge in [-0.2, -0.15) is 0 Å². The summed E-state index contributed by atoms with van der Waals surface area (Å²) in [6, 6.07) is 3.82. The second-order valence-corrected chi connectivity index (χ2v) is 6.36. The highest BCUT2D eigenvalue weighted by Gasteiger charge is 2.33. The van der Waals surface area contributed by atoms with Crippen LogP contribution in [-0.4, -0.2) is 59.8 Å². The molecule has 0 spiro atoms. The van der Waals surface area contributed by atoms with Gasteiger partial charge in [-0.3, -0.25) is 9.59 Å². The average molecular weight is 318 g/mol. The standard InChI is InChI=1S/C17H26N4O2/c1-5-6-14-10-21(12(2)22)11-15(14)19-16-8-7-13(9-18-16)17(23)20(3)4/h7-9,14-15H,5-6,10-11H2,1-4H3,(H,18,19)/t14-,15-/m0/s1. The van der Waals surface area contributed by atoms with Crippen molar-refractivity contribution in [1.82, 2.24) is 14.8 Å². The molecule has 0 bridgehead atoms. The Morgan fingerprint density at radius 2 is 2.09 bits per heavy atom. The van der Waals surface area contributed by atoms with Crippen molar-refractivity contribution < 1.29 is 9.59 Å². The first kappa shape index (κ1) is 17.2. The smallest absolute Gasteiger partial charge is 0.254 e. The van der Waals surface area contributed by atoms with Crippen LogP contribution in [0, 0.1) is 5.92 Å². The van der Waals surface area contributed by atoms with Gasteiger partial charge in [0.2, 0.25) is 5.91 Å². The van der Waals surface area contributed by atoms with Crippen LogP contribution in [0.5, 0.6) is 0 Å². The number of nitrogens with zero attached hydrogens (tertiary/aromatic N) is 3. The van der Waals surface area contributed by atoms with Crippen molar-refractivity contribution in [3.05, 3.63) is 23.9 Å². The lowest BCUT2D eigenvalue weighted by Crippen LogP contribution is -2.31. The van der Waals surface area contributed by atoms with Crippen molar-refractivity contribution in [2.24, 2.45) is 5.92 Å². The highest BCUT2D eigenvalue weighted by molar-refractivity contribution is 5.93. The Labute approximate surface area is 137 Å². The number of rotatable bonds is 5. The third-order valence-electron chi connectivity index (χ3n) is 4.30. The van der Waals surface area contributed by atoms with Crippen LogP contribution in [0.3, 0.4) is 0 Å². The summed E-state index contributed by atoms with van der Waals surface area (Å²) in [6.07, 6.45) is 3.77. The predicted octanol–water partition coefficient (Wildman–Crippen LogP) is 1.84. The molecule has 1 saturated heterocycles. The van der Waals surface area contributed by atoms with Crippen molar-refractivity contribution in [2.75, 3.05) is 32.5 Å². The minimum atomic E-state index is -0.0588. The molecule has 0 unspecified atom stereocenters. The van der Waals surface area contributed by atoms with Gasteiger partial charge in [0.25, 0.3) is 5.91 Å². The second kappa shape index (κ2) is 7.44. The van der Waals surface area contributed by atoms with Crippen LogP contribution in [0.2, 0.25) is 0 Å². The Hall–Kier alpha value is -2.11. The van der Waals surface area contributed by atoms with Gasteiger partial charge in [-0.1, -0.05) is 13.3 Å². The van der Waals surface area contributed by atoms with Gasteiger partial charge in [0.1, 0.15) is 5.82 Å². The van der Waals surface area contributed by atoms with Crippen LogP contribution in [0.25, 0.3) is 0 Å². The van der Waals surface area contributed by atoms with E-state index in [1.54, 1.807) is 33.3 Å². The van der Waals surface area contributed by atoms with E-state index in [4.69, 9.17) is 0 Å². The van der Waals surface area contributed by atoms with Crippen LogP contribution in [0.4, 0.5) is 5.82 Å². The van der Waals surface area contributed by atoms with Gasteiger partial charge in [-0.25, -0.2) is 4.98 Å². The van der Waals surface area contributed by atoms with E-state index in [-0.39, 0.29) is 17.9 Å². The summed E-state index contributed by atoms with van der Waals surface area (Å²) in [5.74, 6) is 1.25. The normalized spacial score (nSPS) is 20.4. The minimum Gasteiger partial charge on any atom is -0.365 e. The fourth-order valence-electron chi connectivity index (χ4n) is 3.01. The third-order valence-corrected chi connectivity index (χ3v) is 4.30. The minimum absolute atomic E-state index is 0.0588. The molecule has 23 heavy (non-hydrogen) atoms. The number of nitrogens with one attached hydrogen (secondary N) is 1. The summed E-state index contributed by atoms with van der Waals surface area (Å²) < 4.78 is 0. The Kier molecular flexibility index (Phi) is 5.58. The molecule has 0 aromatic carbocycles. The van der Waals surface area contributed by atoms with Crippen molar-refractivity contribution >= 4 is 17.6 Å². The molecule has 1 aromatic heterocycles. The highest BCUT2D eigenvalue weighted by atomic mass is 16.2. The number of likely N-dealkylation sites (tertiary alicyclic amines) is 1. The van der Waals surface area contributed by atoms with Gasteiger partial charge < -0.3 is 15.1 Å². The van der Waals surface area contributed by atoms with Crippen molar-refractivity contribution in [2.45, 2.75) is 32.7 Å². The molecule has 6 nitrogen and oxygen atoms in total. The van der Waals surface area contributed by atoms with E-state index in [2.05, 4.69) is 17.2 Å². The average Bonchev–Trinajstić information content (AvgIpc) is 2.91. The maximum Gasteiger partial charge on any atom is 0.254 e. The van der Waals surface area contributed by atoms with E-state index in [0.29, 0.717) is 18.0 Å². The molecule has 126 valence electrons. The lowest BCUT2D eigenvalue weighted by Gasteiger charge is -2.19. The maximum absolute atomic E-state index is 11.9. The number of anilines is 1. The van der Waals surface area contributed by atoms with Gasteiger partial charge in [0.15, 0.2) is 0 Å². The highest BCUT2D eigenvalue weighted by Crippen LogP contribution is 2.24. The summed E-state index contributed by atoms with van der Waals surface area (Å²) in [6.45, 7) is 5.29. The summed E-state index contributed by atoms with van der Waals surface area (Å²) in [5, 5.41) is 3.43. The quantitative estimate of drug-likeness (QED) is 0.900. The Balaban J connectivity index is 2.05. The number of pyridine rings is 1. The van der Waals surface area contributed by atoms with E-state index in [1.165, 1.54) is 4.90 Å². The van der Waals surface area contributed by atoms with Crippen LogP contribution in [-0.2, 0) is 4.79 Å². The molecule has 1 aliphatic heterocycles. The van der Waals surface area contributed by atoms with Crippen LogP contribution >= 0.6 is 0 Å². The fourth-order valence-corrected chi connectivity index (χ4v) is 3.01. The Morgan fingerprint density at radius 1 is 1.35 bits per heavy atom. The van der Waals surface area contributed by atoms with Gasteiger partial charge in [-0.05, 0) is 24.5 Å². The van der Waals surface area contributed by atoms with Gasteiger partial charge in [0, 0.05) is 46.3 Å². The number of carbonyl (C=O) groups is 2. The lowest BCUT2D eigenvalue weighted by atomic mass is 9.98. The van der Waals surface area contributed by atoms with E-state index >= 15 is 0 Å². The maximum atomic E-state index is 11.9. The largest absolute Gasteiger partial charge is 0.365 e. The molecule has 1 aliphatic rings. The van der Waals surface area contributed by atoms with E-state index in [9.17, 15) is 9.59 Å². The summed E-state index contributed by atoms with van der Waals surface area (Å²) in [4.78, 5) is 31.3. The van der Waals surface area contributed by atoms with Crippen molar-refractivity contribution in [3.8, 4) is 0 Å². The van der Waals surface area contributed by atoms with Gasteiger partial charge in [-0.15, -0.1) is 0 Å². The number of hydrogen-bond acceptors (Lipinski definition) is 4. The lowest BCUT2D eigenvalue weighted by molar-refractivity contribution is -0.127. The first-order chi connectivity index (χ1) is 10.9. The summed E-state index contributed by atoms with van der Waals surface area (Å²) in [5.41, 5.74) is 0.572. The molecular formula is C17H26N4O2. The van der Waals surface area contributed by atoms with Crippen molar-refractivity contribution in [1.29, 1.82) is 0 Å². The predicted molar refractivity (Wildman–Crippen MR) is 90.3 cm³/mol. The topological polar surface area (TPSA) is 65.5 Å². The third kappa shape index (κ3) is 4.21. The molecule has 2 rings (SSSR count). The molecule has 0 saturated carbocycles. The van der Waals surface area contributed by atoms with Crippen LogP contribution in [0.1, 0.15) is 37.0 Å². The first-order valence-corrected chi connectivity index (χ1v) is 8.12. The van der Waals surface area contributed by atoms with Crippen LogP contribution in [0.15, 0.2) is 18.3 Å². The molecule has 2 atom stereocenters. The monoisotopic (exact) mass is 318 g/mol. The number of amides is 2. The zero-order valence-corrected chi connectivity index (χ0v) is 14.4. The molecule has 2 heterocycles. The van der Waals surface area contributed by atoms with Gasteiger partial charge in [0.05, 0.1) is 5.56 Å². The van der Waals surface area contributed by atoms with Gasteiger partial charge >= 0.3 is 0 Å². The van der Waals surface area contributed by atoms with Crippen molar-refractivity contribution in [3.63, 3.8) is 0 Å². The molecule has 0 aliphatic carbocycles. The zero-order chi connectivity index (χ0) is 17.0. The molecule has 1 N–H and O–H groups in total. The number of aromatic nitrogens is 1. The summed E-state index contributed by atoms with van der Waals surface area (Å²) >= 11 is 0. The molecule has 1 fully saturated rings. The Bertz CT molecular complexity index is 556. The van der Waals surface area contributed by atoms with E-state index in [1.807, 2.05) is 11.0 Å². The first-order valence-electron chi connectivity index (χ1n) is 8.12. The molecule has 2 amide bonds. The van der Waals surface area contributed by atoms with E-state index in [0.717, 1.165) is 25.2 Å². The fraction of sp³-hybridized carbons (Fsp3) is 0.588. The zero-order valence-electron chi connectivity index (χ0n) is 14.4. The summed E-state index contributed by atoms with van der Waals surface area (Å²) in [7, 11) is 3.44.